The number of thiocarbonyl (C=S) groups is 1. The molecule has 35 heavy (non-hydrogen) atoms. The molecule has 1 N–H and O–H groups in total. The maximum atomic E-state index is 14.4. The molecule has 1 aliphatic heterocycles. The first kappa shape index (κ1) is 24.8. The van der Waals surface area contributed by atoms with Gasteiger partial charge in [0.25, 0.3) is 11.8 Å². The molecule has 0 atom stereocenters. The smallest absolute Gasteiger partial charge is 0.270 e. The van der Waals surface area contributed by atoms with Crippen molar-refractivity contribution in [2.24, 2.45) is 0 Å². The summed E-state index contributed by atoms with van der Waals surface area (Å²) >= 11 is 14.5. The quantitative estimate of drug-likeness (QED) is 0.233. The number of carbonyl (C=O) groups is 2. The van der Waals surface area contributed by atoms with E-state index in [4.69, 9.17) is 33.3 Å². The van der Waals surface area contributed by atoms with Crippen LogP contribution in [0.3, 0.4) is 0 Å². The van der Waals surface area contributed by atoms with E-state index in [0.717, 1.165) is 10.5 Å². The maximum Gasteiger partial charge on any atom is 0.270 e. The highest BCUT2D eigenvalue weighted by atomic mass is 79.9. The highest BCUT2D eigenvalue weighted by Crippen LogP contribution is 2.38. The van der Waals surface area contributed by atoms with Gasteiger partial charge in [0, 0.05) is 5.02 Å². The predicted molar refractivity (Wildman–Crippen MR) is 139 cm³/mol. The molecule has 178 valence electrons. The van der Waals surface area contributed by atoms with Gasteiger partial charge in [-0.25, -0.2) is 9.29 Å². The van der Waals surface area contributed by atoms with Gasteiger partial charge in [0.05, 0.1) is 17.3 Å². The molecule has 0 bridgehead atoms. The molecule has 2 amide bonds. The van der Waals surface area contributed by atoms with E-state index in [-0.39, 0.29) is 23.0 Å². The Kier molecular flexibility index (Phi) is 7.49. The largest absolute Gasteiger partial charge is 0.493 e. The molecule has 0 unspecified atom stereocenters. The van der Waals surface area contributed by atoms with Crippen LogP contribution in [-0.2, 0) is 16.2 Å². The zero-order chi connectivity index (χ0) is 25.1. The Morgan fingerprint density at radius 1 is 1.14 bits per heavy atom. The summed E-state index contributed by atoms with van der Waals surface area (Å²) in [7, 11) is 1.48. The molecule has 1 saturated heterocycles. The number of methoxy groups -OCH3 is 1. The third-order valence-electron chi connectivity index (χ3n) is 5.05. The van der Waals surface area contributed by atoms with Crippen LogP contribution in [-0.4, -0.2) is 24.0 Å². The number of hydrogen-bond donors (Lipinski definition) is 1. The second-order valence-electron chi connectivity index (χ2n) is 7.36. The molecular weight excluding hydrogens is 559 g/mol. The molecule has 6 nitrogen and oxygen atoms in total. The Balaban J connectivity index is 1.64. The Hall–Kier alpha value is -3.27. The lowest BCUT2D eigenvalue weighted by atomic mass is 10.1. The van der Waals surface area contributed by atoms with Crippen LogP contribution in [0.5, 0.6) is 11.5 Å². The SMILES string of the molecule is COc1cc(/C=C2\C(=O)NC(=S)N(c3ccccc3F)C2=O)cc(Br)c1OCc1ccc(Cl)cc1. The number of nitrogens with zero attached hydrogens (tertiary/aromatic N) is 1. The Labute approximate surface area is 219 Å². The van der Waals surface area contributed by atoms with E-state index in [9.17, 15) is 14.0 Å². The number of anilines is 1. The number of ether oxygens (including phenoxy) is 2. The van der Waals surface area contributed by atoms with Crippen LogP contribution in [0.1, 0.15) is 11.1 Å². The molecule has 0 radical (unpaired) electrons. The topological polar surface area (TPSA) is 67.9 Å². The minimum absolute atomic E-state index is 0.0573. The number of amides is 2. The van der Waals surface area contributed by atoms with Gasteiger partial charge in [-0.1, -0.05) is 35.9 Å². The van der Waals surface area contributed by atoms with Crippen LogP contribution >= 0.6 is 39.7 Å². The Morgan fingerprint density at radius 2 is 1.86 bits per heavy atom. The Bertz CT molecular complexity index is 1360. The van der Waals surface area contributed by atoms with Crippen molar-refractivity contribution < 1.29 is 23.5 Å². The molecule has 1 heterocycles. The van der Waals surface area contributed by atoms with E-state index in [0.29, 0.717) is 26.6 Å². The molecule has 0 saturated carbocycles. The van der Waals surface area contributed by atoms with Crippen molar-refractivity contribution in [3.8, 4) is 11.5 Å². The summed E-state index contributed by atoms with van der Waals surface area (Å²) in [5.41, 5.74) is 1.11. The van der Waals surface area contributed by atoms with Crippen molar-refractivity contribution in [3.63, 3.8) is 0 Å². The van der Waals surface area contributed by atoms with Gasteiger partial charge in [-0.2, -0.15) is 0 Å². The second kappa shape index (κ2) is 10.6. The Morgan fingerprint density at radius 3 is 2.54 bits per heavy atom. The predicted octanol–water partition coefficient (Wildman–Crippen LogP) is 5.66. The second-order valence-corrected chi connectivity index (χ2v) is 9.04. The number of nitrogens with one attached hydrogen (secondary N) is 1. The molecule has 0 aliphatic carbocycles. The number of hydrogen-bond acceptors (Lipinski definition) is 5. The molecule has 4 rings (SSSR count). The summed E-state index contributed by atoms with van der Waals surface area (Å²) in [4.78, 5) is 26.7. The molecular formula is C25H17BrClFN2O4S. The normalized spacial score (nSPS) is 14.8. The first-order chi connectivity index (χ1) is 16.8. The molecule has 0 aromatic heterocycles. The monoisotopic (exact) mass is 574 g/mol. The average molecular weight is 576 g/mol. The van der Waals surface area contributed by atoms with E-state index < -0.39 is 17.6 Å². The van der Waals surface area contributed by atoms with Crippen LogP contribution in [0, 0.1) is 5.82 Å². The van der Waals surface area contributed by atoms with Crippen molar-refractivity contribution in [1.82, 2.24) is 5.32 Å². The highest BCUT2D eigenvalue weighted by Gasteiger charge is 2.35. The van der Waals surface area contributed by atoms with E-state index in [1.54, 1.807) is 30.3 Å². The standard InChI is InChI=1S/C25H17BrClFN2O4S/c1-33-21-12-15(11-18(26)22(21)34-13-14-6-8-16(27)9-7-14)10-17-23(31)29-25(35)30(24(17)32)20-5-3-2-4-19(20)28/h2-12H,13H2,1H3,(H,29,31,35)/b17-10+. The highest BCUT2D eigenvalue weighted by molar-refractivity contribution is 9.10. The zero-order valence-corrected chi connectivity index (χ0v) is 21.3. The van der Waals surface area contributed by atoms with Gasteiger partial charge in [-0.3, -0.25) is 14.9 Å². The molecule has 3 aromatic carbocycles. The zero-order valence-electron chi connectivity index (χ0n) is 18.2. The fourth-order valence-corrected chi connectivity index (χ4v) is 4.35. The molecule has 3 aromatic rings. The molecule has 1 aliphatic rings. The van der Waals surface area contributed by atoms with Crippen LogP contribution in [0.25, 0.3) is 6.08 Å². The molecule has 10 heteroatoms. The summed E-state index contributed by atoms with van der Waals surface area (Å²) < 4.78 is 26.3. The first-order valence-electron chi connectivity index (χ1n) is 10.2. The molecule has 1 fully saturated rings. The first-order valence-corrected chi connectivity index (χ1v) is 11.8. The van der Waals surface area contributed by atoms with Gasteiger partial charge in [0.15, 0.2) is 16.6 Å². The lowest BCUT2D eigenvalue weighted by molar-refractivity contribution is -0.122. The summed E-state index contributed by atoms with van der Waals surface area (Å²) in [6, 6.07) is 16.2. The van der Waals surface area contributed by atoms with Crippen LogP contribution in [0.15, 0.2) is 70.7 Å². The number of benzene rings is 3. The summed E-state index contributed by atoms with van der Waals surface area (Å²) in [6.45, 7) is 0.266. The molecule has 0 spiro atoms. The number of para-hydroxylation sites is 1. The number of halogens is 3. The van der Waals surface area contributed by atoms with Crippen molar-refractivity contribution in [2.75, 3.05) is 12.0 Å². The van der Waals surface area contributed by atoms with Crippen molar-refractivity contribution in [3.05, 3.63) is 92.7 Å². The van der Waals surface area contributed by atoms with E-state index in [1.165, 1.54) is 31.4 Å². The minimum Gasteiger partial charge on any atom is -0.493 e. The lowest BCUT2D eigenvalue weighted by Gasteiger charge is -2.29. The van der Waals surface area contributed by atoms with Gasteiger partial charge in [0.1, 0.15) is 18.0 Å². The minimum atomic E-state index is -0.748. The van der Waals surface area contributed by atoms with Gasteiger partial charge >= 0.3 is 0 Å². The van der Waals surface area contributed by atoms with Gasteiger partial charge in [0.2, 0.25) is 0 Å². The average Bonchev–Trinajstić information content (AvgIpc) is 2.83. The van der Waals surface area contributed by atoms with Crippen LogP contribution in [0.4, 0.5) is 10.1 Å². The lowest BCUT2D eigenvalue weighted by Crippen LogP contribution is -2.54. The third kappa shape index (κ3) is 5.37. The maximum absolute atomic E-state index is 14.4. The summed E-state index contributed by atoms with van der Waals surface area (Å²) in [5.74, 6) is -1.26. The van der Waals surface area contributed by atoms with Crippen molar-refractivity contribution in [1.29, 1.82) is 0 Å². The van der Waals surface area contributed by atoms with E-state index in [2.05, 4.69) is 21.2 Å². The number of carbonyl (C=O) groups excluding carboxylic acids is 2. The van der Waals surface area contributed by atoms with Crippen molar-refractivity contribution in [2.45, 2.75) is 6.61 Å². The fraction of sp³-hybridized carbons (Fsp3) is 0.0800. The van der Waals surface area contributed by atoms with Gasteiger partial charge < -0.3 is 9.47 Å². The van der Waals surface area contributed by atoms with Crippen molar-refractivity contribution >= 4 is 68.4 Å². The van der Waals surface area contributed by atoms with E-state index >= 15 is 0 Å². The van der Waals surface area contributed by atoms with Gasteiger partial charge in [-0.15, -0.1) is 0 Å². The summed E-state index contributed by atoms with van der Waals surface area (Å²) in [5, 5.41) is 2.86. The van der Waals surface area contributed by atoms with E-state index in [1.807, 2.05) is 12.1 Å². The van der Waals surface area contributed by atoms with Crippen LogP contribution < -0.4 is 19.7 Å². The summed E-state index contributed by atoms with van der Waals surface area (Å²) in [6.07, 6.45) is 1.38. The fourth-order valence-electron chi connectivity index (χ4n) is 3.38. The van der Waals surface area contributed by atoms with Gasteiger partial charge in [-0.05, 0) is 81.7 Å². The van der Waals surface area contributed by atoms with Crippen LogP contribution in [0.2, 0.25) is 5.02 Å². The third-order valence-corrected chi connectivity index (χ3v) is 6.18. The number of rotatable bonds is 6.